The minimum Gasteiger partial charge on any atom is -0.313 e. The van der Waals surface area contributed by atoms with E-state index in [9.17, 15) is 0 Å². The molecule has 80 valence electrons. The number of rotatable bonds is 5. The molecule has 1 N–H and O–H groups in total. The molecule has 2 nitrogen and oxygen atoms in total. The molecular formula is C12H15BrN2. The smallest absolute Gasteiger partial charge is 0.0410 e. The Hall–Kier alpha value is -0.850. The number of halogens is 1. The quantitative estimate of drug-likeness (QED) is 0.655. The van der Waals surface area contributed by atoms with Crippen molar-refractivity contribution >= 4 is 15.9 Å². The average molecular weight is 267 g/mol. The molecule has 0 amide bonds. The van der Waals surface area contributed by atoms with Crippen LogP contribution in [0.3, 0.4) is 0 Å². The summed E-state index contributed by atoms with van der Waals surface area (Å²) in [6, 6.07) is 2.42. The van der Waals surface area contributed by atoms with Crippen LogP contribution >= 0.6 is 15.9 Å². The van der Waals surface area contributed by atoms with E-state index in [1.54, 1.807) is 6.20 Å². The number of terminal acetylenes is 1. The normalized spacial score (nSPS) is 12.1. The fourth-order valence-electron chi connectivity index (χ4n) is 1.50. The van der Waals surface area contributed by atoms with Gasteiger partial charge in [-0.3, -0.25) is 4.98 Å². The van der Waals surface area contributed by atoms with Crippen LogP contribution < -0.4 is 5.32 Å². The molecule has 1 unspecified atom stereocenters. The highest BCUT2D eigenvalue weighted by Gasteiger charge is 2.08. The van der Waals surface area contributed by atoms with Crippen LogP contribution in [-0.2, 0) is 0 Å². The summed E-state index contributed by atoms with van der Waals surface area (Å²) < 4.78 is 1.01. The molecule has 0 aliphatic heterocycles. The van der Waals surface area contributed by atoms with Gasteiger partial charge in [-0.15, -0.1) is 12.3 Å². The molecule has 0 aliphatic carbocycles. The highest BCUT2D eigenvalue weighted by atomic mass is 79.9. The number of hydrogen-bond donors (Lipinski definition) is 1. The van der Waals surface area contributed by atoms with Crippen molar-refractivity contribution in [3.05, 3.63) is 28.5 Å². The van der Waals surface area contributed by atoms with Crippen LogP contribution in [-0.4, -0.2) is 12.0 Å². The lowest BCUT2D eigenvalue weighted by Gasteiger charge is -2.15. The van der Waals surface area contributed by atoms with Crippen molar-refractivity contribution in [3.8, 4) is 12.3 Å². The fourth-order valence-corrected chi connectivity index (χ4v) is 1.89. The van der Waals surface area contributed by atoms with Crippen LogP contribution in [0, 0.1) is 12.3 Å². The first-order chi connectivity index (χ1) is 7.27. The maximum atomic E-state index is 5.23. The van der Waals surface area contributed by atoms with Crippen molar-refractivity contribution in [2.45, 2.75) is 25.3 Å². The third kappa shape index (κ3) is 4.03. The third-order valence-electron chi connectivity index (χ3n) is 2.29. The molecule has 0 bridgehead atoms. The molecule has 1 rings (SSSR count). The maximum absolute atomic E-state index is 5.23. The van der Waals surface area contributed by atoms with E-state index in [-0.39, 0.29) is 0 Å². The SMILES string of the molecule is C#CCCCC(NC)c1cncc(Br)c1. The molecule has 1 heterocycles. The Balaban J connectivity index is 2.62. The topological polar surface area (TPSA) is 24.9 Å². The van der Waals surface area contributed by atoms with E-state index in [1.165, 1.54) is 5.56 Å². The number of aromatic nitrogens is 1. The molecule has 0 fully saturated rings. The summed E-state index contributed by atoms with van der Waals surface area (Å²) >= 11 is 3.42. The zero-order valence-electron chi connectivity index (χ0n) is 8.83. The first-order valence-corrected chi connectivity index (χ1v) is 5.78. The van der Waals surface area contributed by atoms with E-state index in [0.717, 1.165) is 23.7 Å². The number of nitrogens with one attached hydrogen (secondary N) is 1. The largest absolute Gasteiger partial charge is 0.313 e. The number of hydrogen-bond acceptors (Lipinski definition) is 2. The Morgan fingerprint density at radius 3 is 3.00 bits per heavy atom. The predicted molar refractivity (Wildman–Crippen MR) is 66.4 cm³/mol. The van der Waals surface area contributed by atoms with Gasteiger partial charge in [0.25, 0.3) is 0 Å². The summed E-state index contributed by atoms with van der Waals surface area (Å²) in [5, 5.41) is 3.28. The molecule has 0 saturated heterocycles. The lowest BCUT2D eigenvalue weighted by atomic mass is 10.0. The standard InChI is InChI=1S/C12H15BrN2/c1-3-4-5-6-12(14-2)10-7-11(13)9-15-8-10/h1,7-9,12,14H,4-6H2,2H3. The molecule has 0 aliphatic rings. The van der Waals surface area contributed by atoms with E-state index in [2.05, 4.69) is 38.2 Å². The van der Waals surface area contributed by atoms with Crippen LogP contribution in [0.5, 0.6) is 0 Å². The van der Waals surface area contributed by atoms with Gasteiger partial charge >= 0.3 is 0 Å². The van der Waals surface area contributed by atoms with E-state index in [1.807, 2.05) is 13.2 Å². The summed E-state index contributed by atoms with van der Waals surface area (Å²) in [4.78, 5) is 4.15. The third-order valence-corrected chi connectivity index (χ3v) is 2.72. The number of pyridine rings is 1. The van der Waals surface area contributed by atoms with Gasteiger partial charge in [0.15, 0.2) is 0 Å². The molecule has 0 spiro atoms. The average Bonchev–Trinajstić information content (AvgIpc) is 2.24. The molecule has 0 aromatic carbocycles. The van der Waals surface area contributed by atoms with Gasteiger partial charge in [0.05, 0.1) is 0 Å². The van der Waals surface area contributed by atoms with Gasteiger partial charge in [0, 0.05) is 29.3 Å². The van der Waals surface area contributed by atoms with Crippen LogP contribution in [0.25, 0.3) is 0 Å². The van der Waals surface area contributed by atoms with Crippen molar-refractivity contribution in [2.24, 2.45) is 0 Å². The fraction of sp³-hybridized carbons (Fsp3) is 0.417. The van der Waals surface area contributed by atoms with Crippen molar-refractivity contribution in [1.29, 1.82) is 0 Å². The van der Waals surface area contributed by atoms with Crippen LogP contribution in [0.2, 0.25) is 0 Å². The summed E-state index contributed by atoms with van der Waals surface area (Å²) in [6.45, 7) is 0. The number of nitrogens with zero attached hydrogens (tertiary/aromatic N) is 1. The van der Waals surface area contributed by atoms with Gasteiger partial charge in [-0.2, -0.15) is 0 Å². The van der Waals surface area contributed by atoms with Crippen LogP contribution in [0.1, 0.15) is 30.9 Å². The van der Waals surface area contributed by atoms with Gasteiger partial charge in [0.1, 0.15) is 0 Å². The lowest BCUT2D eigenvalue weighted by molar-refractivity contribution is 0.530. The Kier molecular flexibility index (Phi) is 5.38. The first-order valence-electron chi connectivity index (χ1n) is 4.99. The molecule has 15 heavy (non-hydrogen) atoms. The summed E-state index contributed by atoms with van der Waals surface area (Å²) in [5.41, 5.74) is 1.20. The van der Waals surface area contributed by atoms with Gasteiger partial charge in [-0.1, -0.05) is 0 Å². The minimum atomic E-state index is 0.336. The van der Waals surface area contributed by atoms with Crippen molar-refractivity contribution in [2.75, 3.05) is 7.05 Å². The second kappa shape index (κ2) is 6.60. The molecule has 3 heteroatoms. The first kappa shape index (κ1) is 12.2. The van der Waals surface area contributed by atoms with Gasteiger partial charge in [0.2, 0.25) is 0 Å². The monoisotopic (exact) mass is 266 g/mol. The highest BCUT2D eigenvalue weighted by molar-refractivity contribution is 9.10. The predicted octanol–water partition coefficient (Wildman–Crippen LogP) is 2.91. The molecule has 0 radical (unpaired) electrons. The van der Waals surface area contributed by atoms with Gasteiger partial charge < -0.3 is 5.32 Å². The zero-order chi connectivity index (χ0) is 11.1. The Morgan fingerprint density at radius 1 is 1.60 bits per heavy atom. The highest BCUT2D eigenvalue weighted by Crippen LogP contribution is 2.20. The Bertz CT molecular complexity index is 344. The summed E-state index contributed by atoms with van der Waals surface area (Å²) in [6.07, 6.45) is 11.8. The lowest BCUT2D eigenvalue weighted by Crippen LogP contribution is -2.16. The summed E-state index contributed by atoms with van der Waals surface area (Å²) in [5.74, 6) is 2.66. The van der Waals surface area contributed by atoms with Gasteiger partial charge in [-0.25, -0.2) is 0 Å². The minimum absolute atomic E-state index is 0.336. The Labute approximate surface area is 99.6 Å². The second-order valence-corrected chi connectivity index (χ2v) is 4.29. The van der Waals surface area contributed by atoms with E-state index < -0.39 is 0 Å². The van der Waals surface area contributed by atoms with E-state index >= 15 is 0 Å². The Morgan fingerprint density at radius 2 is 2.40 bits per heavy atom. The molecular weight excluding hydrogens is 252 g/mol. The van der Waals surface area contributed by atoms with Crippen molar-refractivity contribution in [1.82, 2.24) is 10.3 Å². The number of unbranched alkanes of at least 4 members (excludes halogenated alkanes) is 1. The second-order valence-electron chi connectivity index (χ2n) is 3.37. The van der Waals surface area contributed by atoms with E-state index in [0.29, 0.717) is 6.04 Å². The molecule has 1 aromatic rings. The molecule has 0 saturated carbocycles. The summed E-state index contributed by atoms with van der Waals surface area (Å²) in [7, 11) is 1.96. The van der Waals surface area contributed by atoms with Gasteiger partial charge in [-0.05, 0) is 47.4 Å². The molecule has 1 aromatic heterocycles. The van der Waals surface area contributed by atoms with Crippen molar-refractivity contribution in [3.63, 3.8) is 0 Å². The molecule has 1 atom stereocenters. The zero-order valence-corrected chi connectivity index (χ0v) is 10.4. The maximum Gasteiger partial charge on any atom is 0.0410 e. The van der Waals surface area contributed by atoms with Crippen molar-refractivity contribution < 1.29 is 0 Å². The van der Waals surface area contributed by atoms with Crippen LogP contribution in [0.4, 0.5) is 0 Å². The van der Waals surface area contributed by atoms with E-state index in [4.69, 9.17) is 6.42 Å². The van der Waals surface area contributed by atoms with Crippen LogP contribution in [0.15, 0.2) is 22.9 Å².